The van der Waals surface area contributed by atoms with E-state index in [1.54, 1.807) is 17.0 Å². The predicted molar refractivity (Wildman–Crippen MR) is 98.6 cm³/mol. The highest BCUT2D eigenvalue weighted by Gasteiger charge is 2.34. The van der Waals surface area contributed by atoms with Crippen molar-refractivity contribution in [2.45, 2.75) is 45.8 Å². The molecule has 1 aliphatic rings. The molecule has 27 heavy (non-hydrogen) atoms. The molecular formula is C20H25FN2O4. The number of carbonyl (C=O) groups is 2. The maximum atomic E-state index is 13.3. The Morgan fingerprint density at radius 3 is 2.78 bits per heavy atom. The number of ether oxygens (including phenoxy) is 1. The van der Waals surface area contributed by atoms with Crippen molar-refractivity contribution in [2.24, 2.45) is 5.92 Å². The van der Waals surface area contributed by atoms with Gasteiger partial charge in [-0.1, -0.05) is 0 Å². The van der Waals surface area contributed by atoms with E-state index in [2.05, 4.69) is 5.32 Å². The second-order valence-electron chi connectivity index (χ2n) is 7.97. The van der Waals surface area contributed by atoms with Crippen LogP contribution in [0.5, 0.6) is 0 Å². The molecule has 0 aliphatic carbocycles. The normalized spacial score (nSPS) is 18.6. The number of rotatable bonds is 3. The number of hydrogen-bond donors (Lipinski definition) is 1. The van der Waals surface area contributed by atoms with Crippen molar-refractivity contribution in [1.29, 1.82) is 0 Å². The van der Waals surface area contributed by atoms with Gasteiger partial charge >= 0.3 is 6.09 Å². The molecule has 1 saturated heterocycles. The molecule has 2 aromatic rings. The molecule has 6 nitrogen and oxygen atoms in total. The van der Waals surface area contributed by atoms with Gasteiger partial charge in [0.15, 0.2) is 0 Å². The molecule has 0 bridgehead atoms. The number of likely N-dealkylation sites (tertiary alicyclic amines) is 1. The summed E-state index contributed by atoms with van der Waals surface area (Å²) in [5.74, 6) is -0.201. The molecule has 0 unspecified atom stereocenters. The molecule has 146 valence electrons. The zero-order chi connectivity index (χ0) is 19.8. The summed E-state index contributed by atoms with van der Waals surface area (Å²) in [5, 5.41) is 3.57. The van der Waals surface area contributed by atoms with E-state index < -0.39 is 11.7 Å². The van der Waals surface area contributed by atoms with Crippen molar-refractivity contribution < 1.29 is 23.1 Å². The number of nitrogens with zero attached hydrogens (tertiary/aromatic N) is 1. The highest BCUT2D eigenvalue weighted by atomic mass is 19.1. The van der Waals surface area contributed by atoms with Crippen molar-refractivity contribution in [3.8, 4) is 0 Å². The minimum absolute atomic E-state index is 0.139. The van der Waals surface area contributed by atoms with Crippen LogP contribution in [0.2, 0.25) is 0 Å². The first-order valence-corrected chi connectivity index (χ1v) is 9.10. The van der Waals surface area contributed by atoms with Crippen LogP contribution in [0.3, 0.4) is 0 Å². The Kier molecular flexibility index (Phi) is 5.13. The Labute approximate surface area is 157 Å². The summed E-state index contributed by atoms with van der Waals surface area (Å²) in [7, 11) is 0. The van der Waals surface area contributed by atoms with Gasteiger partial charge in [0.05, 0.1) is 12.0 Å². The largest absolute Gasteiger partial charge is 0.459 e. The van der Waals surface area contributed by atoms with Crippen molar-refractivity contribution in [2.75, 3.05) is 13.1 Å². The maximum absolute atomic E-state index is 13.3. The van der Waals surface area contributed by atoms with Crippen LogP contribution in [0.25, 0.3) is 11.0 Å². The first kappa shape index (κ1) is 19.2. The van der Waals surface area contributed by atoms with Gasteiger partial charge in [0, 0.05) is 18.5 Å². The average molecular weight is 376 g/mol. The van der Waals surface area contributed by atoms with Crippen LogP contribution in [0.1, 0.15) is 45.9 Å². The molecule has 1 aromatic carbocycles. The fraction of sp³-hybridized carbons (Fsp3) is 0.500. The number of furan rings is 1. The Morgan fingerprint density at radius 1 is 1.33 bits per heavy atom. The zero-order valence-electron chi connectivity index (χ0n) is 16.0. The molecule has 7 heteroatoms. The van der Waals surface area contributed by atoms with E-state index in [4.69, 9.17) is 9.15 Å². The molecular weight excluding hydrogens is 351 g/mol. The Hall–Kier alpha value is -2.57. The molecule has 2 atom stereocenters. The monoisotopic (exact) mass is 376 g/mol. The molecule has 2 heterocycles. The van der Waals surface area contributed by atoms with Gasteiger partial charge < -0.3 is 19.4 Å². The van der Waals surface area contributed by atoms with Crippen LogP contribution in [0, 0.1) is 11.7 Å². The number of fused-ring (bicyclic) bond motifs is 1. The number of benzene rings is 1. The second kappa shape index (κ2) is 7.21. The summed E-state index contributed by atoms with van der Waals surface area (Å²) in [6, 6.07) is 5.67. The number of amides is 2. The fourth-order valence-electron chi connectivity index (χ4n) is 3.12. The topological polar surface area (TPSA) is 71.8 Å². The number of hydrogen-bond acceptors (Lipinski definition) is 4. The van der Waals surface area contributed by atoms with Crippen molar-refractivity contribution in [3.05, 3.63) is 35.8 Å². The third-order valence-electron chi connectivity index (χ3n) is 4.49. The van der Waals surface area contributed by atoms with E-state index in [-0.39, 0.29) is 23.7 Å². The third kappa shape index (κ3) is 4.59. The zero-order valence-corrected chi connectivity index (χ0v) is 16.0. The van der Waals surface area contributed by atoms with Gasteiger partial charge in [-0.2, -0.15) is 0 Å². The molecule has 1 N–H and O–H groups in total. The van der Waals surface area contributed by atoms with E-state index in [0.717, 1.165) is 0 Å². The van der Waals surface area contributed by atoms with Gasteiger partial charge in [-0.15, -0.1) is 0 Å². The number of halogens is 1. The minimum Gasteiger partial charge on any atom is -0.459 e. The minimum atomic E-state index is -0.563. The van der Waals surface area contributed by atoms with Gasteiger partial charge in [-0.05, 0) is 58.4 Å². The van der Waals surface area contributed by atoms with Gasteiger partial charge in [0.1, 0.15) is 22.8 Å². The summed E-state index contributed by atoms with van der Waals surface area (Å²) in [4.78, 5) is 26.2. The standard InChI is InChI=1S/C20H25FN2O4/c1-12(17-10-14-9-15(21)5-6-16(14)26-17)22-18(24)13-7-8-23(11-13)19(25)27-20(2,3)4/h5-6,9-10,12-13H,7-8,11H2,1-4H3,(H,22,24)/t12-,13-/m1/s1. The lowest BCUT2D eigenvalue weighted by molar-refractivity contribution is -0.125. The molecule has 1 fully saturated rings. The van der Waals surface area contributed by atoms with Crippen LogP contribution in [-0.4, -0.2) is 35.6 Å². The van der Waals surface area contributed by atoms with E-state index in [1.165, 1.54) is 12.1 Å². The van der Waals surface area contributed by atoms with E-state index in [1.807, 2.05) is 27.7 Å². The molecule has 0 spiro atoms. The van der Waals surface area contributed by atoms with Gasteiger partial charge in [0.25, 0.3) is 0 Å². The number of carbonyl (C=O) groups excluding carboxylic acids is 2. The molecule has 1 aromatic heterocycles. The van der Waals surface area contributed by atoms with E-state index in [0.29, 0.717) is 36.2 Å². The molecule has 0 radical (unpaired) electrons. The third-order valence-corrected chi connectivity index (χ3v) is 4.49. The Balaban J connectivity index is 1.59. The first-order valence-electron chi connectivity index (χ1n) is 9.10. The number of nitrogens with one attached hydrogen (secondary N) is 1. The first-order chi connectivity index (χ1) is 12.6. The lowest BCUT2D eigenvalue weighted by atomic mass is 10.1. The quantitative estimate of drug-likeness (QED) is 0.879. The van der Waals surface area contributed by atoms with Gasteiger partial charge in [0.2, 0.25) is 5.91 Å². The maximum Gasteiger partial charge on any atom is 0.410 e. The summed E-state index contributed by atoms with van der Waals surface area (Å²) in [6.07, 6.45) is 0.188. The van der Waals surface area contributed by atoms with Gasteiger partial charge in [-0.3, -0.25) is 4.79 Å². The molecule has 1 aliphatic heterocycles. The Morgan fingerprint density at radius 2 is 2.07 bits per heavy atom. The summed E-state index contributed by atoms with van der Waals surface area (Å²) in [5.41, 5.74) is 0.0108. The summed E-state index contributed by atoms with van der Waals surface area (Å²) in [6.45, 7) is 8.07. The lowest BCUT2D eigenvalue weighted by Gasteiger charge is -2.24. The van der Waals surface area contributed by atoms with E-state index >= 15 is 0 Å². The second-order valence-corrected chi connectivity index (χ2v) is 7.97. The summed E-state index contributed by atoms with van der Waals surface area (Å²) < 4.78 is 24.4. The van der Waals surface area contributed by atoms with E-state index in [9.17, 15) is 14.0 Å². The lowest BCUT2D eigenvalue weighted by Crippen LogP contribution is -2.38. The van der Waals surface area contributed by atoms with Crippen molar-refractivity contribution >= 4 is 23.0 Å². The van der Waals surface area contributed by atoms with Crippen molar-refractivity contribution in [3.63, 3.8) is 0 Å². The van der Waals surface area contributed by atoms with Crippen LogP contribution < -0.4 is 5.32 Å². The smallest absolute Gasteiger partial charge is 0.410 e. The SMILES string of the molecule is C[C@@H](NC(=O)[C@@H]1CCN(C(=O)OC(C)(C)C)C1)c1cc2cc(F)ccc2o1. The average Bonchev–Trinajstić information content (AvgIpc) is 3.19. The van der Waals surface area contributed by atoms with Crippen molar-refractivity contribution in [1.82, 2.24) is 10.2 Å². The highest BCUT2D eigenvalue weighted by Crippen LogP contribution is 2.26. The fourth-order valence-corrected chi connectivity index (χ4v) is 3.12. The molecule has 3 rings (SSSR count). The van der Waals surface area contributed by atoms with Gasteiger partial charge in [-0.25, -0.2) is 9.18 Å². The van der Waals surface area contributed by atoms with Crippen LogP contribution in [0.4, 0.5) is 9.18 Å². The van der Waals surface area contributed by atoms with Crippen LogP contribution in [-0.2, 0) is 9.53 Å². The summed E-state index contributed by atoms with van der Waals surface area (Å²) >= 11 is 0. The highest BCUT2D eigenvalue weighted by molar-refractivity contribution is 5.82. The molecule has 0 saturated carbocycles. The predicted octanol–water partition coefficient (Wildman–Crippen LogP) is 4.01. The van der Waals surface area contributed by atoms with Crippen LogP contribution >= 0.6 is 0 Å². The van der Waals surface area contributed by atoms with Crippen LogP contribution in [0.15, 0.2) is 28.7 Å². The Bertz CT molecular complexity index is 855. The molecule has 2 amide bonds.